The summed E-state index contributed by atoms with van der Waals surface area (Å²) in [7, 11) is 2.95. The number of tetrazole rings is 2. The van der Waals surface area contributed by atoms with E-state index in [1.54, 1.807) is 36.4 Å². The predicted octanol–water partition coefficient (Wildman–Crippen LogP) is -1.59. The van der Waals surface area contributed by atoms with Gasteiger partial charge in [0.2, 0.25) is 0 Å². The van der Waals surface area contributed by atoms with Crippen molar-refractivity contribution in [2.75, 3.05) is 14.2 Å². The van der Waals surface area contributed by atoms with Gasteiger partial charge in [-0.05, 0) is 104 Å². The lowest BCUT2D eigenvalue weighted by molar-refractivity contribution is -0.734. The average molecular weight is 944 g/mol. The van der Waals surface area contributed by atoms with Crippen LogP contribution in [-0.2, 0) is 0 Å². The molecule has 66 heavy (non-hydrogen) atoms. The molecule has 0 fully saturated rings. The van der Waals surface area contributed by atoms with Gasteiger partial charge in [-0.15, -0.1) is 0 Å². The van der Waals surface area contributed by atoms with Crippen LogP contribution in [0.1, 0.15) is 0 Å². The lowest BCUT2D eigenvalue weighted by Crippen LogP contribution is -3.00. The van der Waals surface area contributed by atoms with Gasteiger partial charge in [0.05, 0.1) is 55.2 Å². The summed E-state index contributed by atoms with van der Waals surface area (Å²) in [5, 5.41) is 64.1. The fraction of sp³-hybridized carbons (Fsp3) is 0.0500. The van der Waals surface area contributed by atoms with E-state index in [-0.39, 0.29) is 70.2 Å². The fourth-order valence-electron chi connectivity index (χ4n) is 6.37. The smallest absolute Gasteiger partial charge is 0.340 e. The second-order valence-corrected chi connectivity index (χ2v) is 13.1. The van der Waals surface area contributed by atoms with E-state index in [4.69, 9.17) is 19.7 Å². The highest BCUT2D eigenvalue weighted by atomic mass is 35.5. The van der Waals surface area contributed by atoms with Crippen molar-refractivity contribution in [2.45, 2.75) is 0 Å². The molecular weight excluding hydrogens is 911 g/mol. The minimum absolute atomic E-state index is 0. The number of nitro groups is 4. The lowest BCUT2D eigenvalue weighted by Gasteiger charge is -2.11. The highest BCUT2D eigenvalue weighted by Crippen LogP contribution is 2.34. The number of benzene rings is 6. The maximum Gasteiger partial charge on any atom is 0.340 e. The monoisotopic (exact) mass is 942 g/mol. The van der Waals surface area contributed by atoms with E-state index in [1.807, 2.05) is 0 Å². The molecule has 6 aromatic carbocycles. The van der Waals surface area contributed by atoms with E-state index in [2.05, 4.69) is 10.2 Å². The van der Waals surface area contributed by atoms with Gasteiger partial charge in [-0.3, -0.25) is 40.5 Å². The summed E-state index contributed by atoms with van der Waals surface area (Å²) in [4.78, 5) is 49.0. The number of hydrogen-bond donors (Lipinski definition) is 0. The van der Waals surface area contributed by atoms with Crippen LogP contribution in [-0.4, -0.2) is 74.9 Å². The molecule has 0 unspecified atom stereocenters. The Hall–Kier alpha value is -8.84. The van der Waals surface area contributed by atoms with Crippen molar-refractivity contribution in [3.05, 3.63) is 174 Å². The van der Waals surface area contributed by atoms with Crippen molar-refractivity contribution in [1.29, 1.82) is 0 Å². The van der Waals surface area contributed by atoms with Crippen molar-refractivity contribution in [3.63, 3.8) is 0 Å². The molecule has 8 rings (SSSR count). The number of non-ortho nitro benzene ring substituents is 4. The van der Waals surface area contributed by atoms with E-state index in [0.717, 1.165) is 0 Å². The Bertz CT molecular complexity index is 2860. The molecule has 0 spiro atoms. The molecule has 0 saturated carbocycles. The summed E-state index contributed by atoms with van der Waals surface area (Å²) in [6.45, 7) is 0. The predicted molar refractivity (Wildman–Crippen MR) is 223 cm³/mol. The standard InChI is InChI=1S/C40H28N12O10.2ClH.2H2O/c1-61-37-23-27(7-21-35(37)47-43-39(25-3-9-31(10-4-25)49(53)54)41-45(47)29-13-17-33(18-14-29)51(57)58)28-8-22-36(38(24-28)62-2)48-44-40(26-5-11-32(12-6-26)50(55)56)42-46(48)30-15-19-34(20-16-30)52(59)60;;;;/h3-24H,1-2H3;2*1H;2*1H2/q+2;;;;/p-2. The van der Waals surface area contributed by atoms with E-state index < -0.39 is 19.7 Å². The first-order valence-corrected chi connectivity index (χ1v) is 18.1. The van der Waals surface area contributed by atoms with E-state index in [1.165, 1.54) is 130 Å². The summed E-state index contributed by atoms with van der Waals surface area (Å²) < 4.78 is 11.7. The number of methoxy groups -OCH3 is 2. The van der Waals surface area contributed by atoms with Crippen molar-refractivity contribution < 1.29 is 74.5 Å². The van der Waals surface area contributed by atoms with Crippen molar-refractivity contribution >= 4 is 22.7 Å². The Morgan fingerprint density at radius 3 is 0.985 bits per heavy atom. The van der Waals surface area contributed by atoms with Crippen LogP contribution < -0.4 is 43.9 Å². The molecular formula is C40H32Cl2N12O12. The van der Waals surface area contributed by atoms with Gasteiger partial charge < -0.3 is 45.2 Å². The van der Waals surface area contributed by atoms with E-state index in [0.29, 0.717) is 56.5 Å². The number of hydrogen-bond acceptors (Lipinski definition) is 14. The number of nitro benzene ring substituents is 4. The number of rotatable bonds is 13. The van der Waals surface area contributed by atoms with Gasteiger partial charge in [-0.25, -0.2) is 0 Å². The maximum absolute atomic E-state index is 11.4. The molecule has 0 aliphatic rings. The molecule has 0 aliphatic carbocycles. The van der Waals surface area contributed by atoms with Crippen LogP contribution in [0.3, 0.4) is 0 Å². The van der Waals surface area contributed by atoms with Gasteiger partial charge in [0.15, 0.2) is 34.2 Å². The van der Waals surface area contributed by atoms with E-state index in [9.17, 15) is 40.5 Å². The second-order valence-electron chi connectivity index (χ2n) is 13.1. The molecule has 2 heterocycles. The van der Waals surface area contributed by atoms with Crippen LogP contribution >= 0.6 is 0 Å². The maximum atomic E-state index is 11.4. The minimum Gasteiger partial charge on any atom is -1.00 e. The van der Waals surface area contributed by atoms with Gasteiger partial charge >= 0.3 is 11.6 Å². The highest BCUT2D eigenvalue weighted by molar-refractivity contribution is 5.71. The number of halogens is 2. The third-order valence-electron chi connectivity index (χ3n) is 9.50. The van der Waals surface area contributed by atoms with Crippen LogP contribution in [0.4, 0.5) is 22.7 Å². The molecule has 26 heteroatoms. The first-order chi connectivity index (χ1) is 29.9. The van der Waals surface area contributed by atoms with Crippen LogP contribution in [0.5, 0.6) is 11.5 Å². The summed E-state index contributed by atoms with van der Waals surface area (Å²) >= 11 is 0. The number of ether oxygens (including phenoxy) is 2. The van der Waals surface area contributed by atoms with Crippen molar-refractivity contribution in [2.24, 2.45) is 0 Å². The summed E-state index contributed by atoms with van der Waals surface area (Å²) in [5.74, 6) is 1.09. The zero-order chi connectivity index (χ0) is 43.7. The van der Waals surface area contributed by atoms with Gasteiger partial charge in [0.1, 0.15) is 0 Å². The van der Waals surface area contributed by atoms with Gasteiger partial charge in [-0.2, -0.15) is 0 Å². The van der Waals surface area contributed by atoms with Gasteiger partial charge in [-0.1, -0.05) is 12.1 Å². The Labute approximate surface area is 382 Å². The lowest BCUT2D eigenvalue weighted by atomic mass is 10.0. The zero-order valence-corrected chi connectivity index (χ0v) is 35.4. The molecule has 0 bridgehead atoms. The molecule has 0 saturated heterocycles. The molecule has 0 aliphatic heterocycles. The second kappa shape index (κ2) is 20.6. The number of aromatic nitrogens is 8. The quantitative estimate of drug-likeness (QED) is 0.0715. The number of nitrogens with zero attached hydrogens (tertiary/aromatic N) is 12. The summed E-state index contributed by atoms with van der Waals surface area (Å²) in [6, 6.07) is 33.3. The molecule has 8 aromatic rings. The molecule has 2 aromatic heterocycles. The SMILES string of the molecule is COc1cc(-c2ccc(-n3nc(-c4ccc([N+](=O)[O-])cc4)n[n+]3-c3ccc([N+](=O)[O-])cc3)c(OC)c2)ccc1-n1nc(-c2ccc([N+](=O)[O-])cc2)n[n+]1-c1ccc([N+](=O)[O-])cc1.O.O.[Cl-].[Cl-]. The first kappa shape index (κ1) is 49.8. The minimum atomic E-state index is -0.521. The van der Waals surface area contributed by atoms with Gasteiger partial charge in [0, 0.05) is 58.1 Å². The molecule has 0 atom stereocenters. The van der Waals surface area contributed by atoms with Crippen LogP contribution in [0, 0.1) is 40.5 Å². The van der Waals surface area contributed by atoms with Crippen LogP contribution in [0.2, 0.25) is 0 Å². The Balaban J connectivity index is 0.00000238. The first-order valence-electron chi connectivity index (χ1n) is 18.1. The van der Waals surface area contributed by atoms with Crippen LogP contribution in [0.25, 0.3) is 56.7 Å². The molecule has 338 valence electrons. The van der Waals surface area contributed by atoms with Crippen molar-refractivity contribution in [1.82, 2.24) is 30.0 Å². The third kappa shape index (κ3) is 9.70. The van der Waals surface area contributed by atoms with Crippen molar-refractivity contribution in [3.8, 4) is 68.2 Å². The largest absolute Gasteiger partial charge is 1.00 e. The Kier molecular flexibility index (Phi) is 15.5. The topological polar surface area (TPSA) is 323 Å². The summed E-state index contributed by atoms with van der Waals surface area (Å²) in [5.41, 5.74) is 3.48. The zero-order valence-electron chi connectivity index (χ0n) is 33.9. The van der Waals surface area contributed by atoms with Crippen LogP contribution in [0.15, 0.2) is 133 Å². The fourth-order valence-corrected chi connectivity index (χ4v) is 6.37. The Morgan fingerprint density at radius 1 is 0.439 bits per heavy atom. The third-order valence-corrected chi connectivity index (χ3v) is 9.50. The van der Waals surface area contributed by atoms with E-state index >= 15 is 0 Å². The highest BCUT2D eigenvalue weighted by Gasteiger charge is 2.29. The average Bonchev–Trinajstić information content (AvgIpc) is 3.95. The normalized spacial score (nSPS) is 10.3. The molecule has 4 N–H and O–H groups in total. The molecule has 0 radical (unpaired) electrons. The molecule has 24 nitrogen and oxygen atoms in total. The molecule has 0 amide bonds. The van der Waals surface area contributed by atoms with Gasteiger partial charge in [0.25, 0.3) is 22.7 Å². The summed E-state index contributed by atoms with van der Waals surface area (Å²) in [6.07, 6.45) is 0. The Morgan fingerprint density at radius 2 is 0.712 bits per heavy atom.